The fraction of sp³-hybridized carbons (Fsp3) is 0.600. The molecule has 2 atom stereocenters. The number of hydrogen-bond acceptors (Lipinski definition) is 2. The van der Waals surface area contributed by atoms with Gasteiger partial charge in [-0.3, -0.25) is 0 Å². The molecule has 2 unspecified atom stereocenters. The molecule has 0 fully saturated rings. The van der Waals surface area contributed by atoms with Crippen molar-refractivity contribution in [2.45, 2.75) is 38.3 Å². The van der Waals surface area contributed by atoms with Gasteiger partial charge in [0.05, 0.1) is 5.54 Å². The van der Waals surface area contributed by atoms with Crippen molar-refractivity contribution in [1.82, 2.24) is 0 Å². The predicted octanol–water partition coefficient (Wildman–Crippen LogP) is 1.33. The van der Waals surface area contributed by atoms with Gasteiger partial charge in [-0.05, 0) is 12.8 Å². The summed E-state index contributed by atoms with van der Waals surface area (Å²) in [6.07, 6.45) is 7.99. The van der Waals surface area contributed by atoms with Gasteiger partial charge in [0.1, 0.15) is 0 Å². The normalized spacial score (nSPS) is 35.0. The van der Waals surface area contributed by atoms with Crippen LogP contribution in [0.25, 0.3) is 0 Å². The fourth-order valence-corrected chi connectivity index (χ4v) is 1.58. The highest BCUT2D eigenvalue weighted by atomic mass is 14.9. The molecule has 1 rings (SSSR count). The Kier molecular flexibility index (Phi) is 2.70. The molecule has 68 valence electrons. The van der Waals surface area contributed by atoms with Crippen LogP contribution in [0.1, 0.15) is 26.7 Å². The largest absolute Gasteiger partial charge is 0.322 e. The molecule has 0 aliphatic heterocycles. The van der Waals surface area contributed by atoms with Gasteiger partial charge < -0.3 is 11.5 Å². The molecule has 0 saturated carbocycles. The Labute approximate surface area is 74.3 Å². The lowest BCUT2D eigenvalue weighted by molar-refractivity contribution is 0.434. The lowest BCUT2D eigenvalue weighted by Gasteiger charge is -2.35. The minimum Gasteiger partial charge on any atom is -0.322 e. The van der Waals surface area contributed by atoms with Crippen LogP contribution in [0.4, 0.5) is 0 Å². The highest BCUT2D eigenvalue weighted by Crippen LogP contribution is 2.24. The molecule has 12 heavy (non-hydrogen) atoms. The smallest absolute Gasteiger partial charge is 0.0532 e. The van der Waals surface area contributed by atoms with Gasteiger partial charge in [-0.15, -0.1) is 0 Å². The van der Waals surface area contributed by atoms with E-state index in [9.17, 15) is 0 Å². The number of nitrogens with two attached hydrogens (primary N) is 2. The Hall–Kier alpha value is -0.600. The van der Waals surface area contributed by atoms with Crippen molar-refractivity contribution < 1.29 is 0 Å². The van der Waals surface area contributed by atoms with Crippen LogP contribution in [0.15, 0.2) is 23.8 Å². The van der Waals surface area contributed by atoms with Crippen molar-refractivity contribution >= 4 is 0 Å². The van der Waals surface area contributed by atoms with E-state index in [4.69, 9.17) is 11.5 Å². The summed E-state index contributed by atoms with van der Waals surface area (Å²) < 4.78 is 0. The summed E-state index contributed by atoms with van der Waals surface area (Å²) >= 11 is 0. The standard InChI is InChI=1S/C10H18N2/c1-3-8-6-5-7-10(12,4-2)9(8)11/h5-7,9H,3-4,11-12H2,1-2H3. The van der Waals surface area contributed by atoms with Gasteiger partial charge in [-0.1, -0.05) is 37.6 Å². The fourth-order valence-electron chi connectivity index (χ4n) is 1.58. The molecule has 0 heterocycles. The van der Waals surface area contributed by atoms with Crippen molar-refractivity contribution in [2.75, 3.05) is 0 Å². The third-order valence-corrected chi connectivity index (χ3v) is 2.72. The maximum Gasteiger partial charge on any atom is 0.0532 e. The van der Waals surface area contributed by atoms with E-state index in [-0.39, 0.29) is 11.6 Å². The molecule has 1 aliphatic carbocycles. The van der Waals surface area contributed by atoms with Gasteiger partial charge >= 0.3 is 0 Å². The van der Waals surface area contributed by atoms with E-state index < -0.39 is 0 Å². The topological polar surface area (TPSA) is 52.0 Å². The van der Waals surface area contributed by atoms with Gasteiger partial charge in [0, 0.05) is 6.04 Å². The first-order chi connectivity index (χ1) is 5.64. The van der Waals surface area contributed by atoms with Crippen LogP contribution >= 0.6 is 0 Å². The second-order valence-electron chi connectivity index (χ2n) is 3.40. The molecular formula is C10H18N2. The summed E-state index contributed by atoms with van der Waals surface area (Å²) in [6.45, 7) is 4.18. The maximum atomic E-state index is 6.12. The number of allylic oxidation sites excluding steroid dienone is 2. The van der Waals surface area contributed by atoms with Crippen LogP contribution in [0, 0.1) is 0 Å². The van der Waals surface area contributed by atoms with E-state index in [2.05, 4.69) is 19.9 Å². The lowest BCUT2D eigenvalue weighted by atomic mass is 9.80. The first-order valence-electron chi connectivity index (χ1n) is 4.56. The quantitative estimate of drug-likeness (QED) is 0.650. The summed E-state index contributed by atoms with van der Waals surface area (Å²) in [6, 6.07) is -0.00231. The highest BCUT2D eigenvalue weighted by Gasteiger charge is 2.31. The summed E-state index contributed by atoms with van der Waals surface area (Å²) in [5, 5.41) is 0. The molecule has 0 spiro atoms. The molecule has 0 aromatic carbocycles. The molecule has 0 radical (unpaired) electrons. The Balaban J connectivity index is 2.87. The Morgan fingerprint density at radius 2 is 2.17 bits per heavy atom. The van der Waals surface area contributed by atoms with Crippen LogP contribution in [-0.4, -0.2) is 11.6 Å². The predicted molar refractivity (Wildman–Crippen MR) is 52.7 cm³/mol. The van der Waals surface area contributed by atoms with Crippen molar-refractivity contribution in [3.63, 3.8) is 0 Å². The Morgan fingerprint density at radius 3 is 2.67 bits per heavy atom. The summed E-state index contributed by atoms with van der Waals surface area (Å²) in [5.41, 5.74) is 13.1. The third-order valence-electron chi connectivity index (χ3n) is 2.72. The van der Waals surface area contributed by atoms with Gasteiger partial charge in [0.15, 0.2) is 0 Å². The summed E-state index contributed by atoms with van der Waals surface area (Å²) in [4.78, 5) is 0. The maximum absolute atomic E-state index is 6.12. The lowest BCUT2D eigenvalue weighted by Crippen LogP contribution is -2.55. The molecule has 0 aromatic heterocycles. The first kappa shape index (κ1) is 9.49. The minimum atomic E-state index is -0.319. The average Bonchev–Trinajstić information content (AvgIpc) is 2.10. The number of rotatable bonds is 2. The van der Waals surface area contributed by atoms with Crippen LogP contribution in [0.2, 0.25) is 0 Å². The molecule has 0 aromatic rings. The monoisotopic (exact) mass is 166 g/mol. The van der Waals surface area contributed by atoms with E-state index in [0.717, 1.165) is 12.8 Å². The molecule has 1 aliphatic rings. The third kappa shape index (κ3) is 1.45. The molecule has 0 amide bonds. The van der Waals surface area contributed by atoms with Gasteiger partial charge in [-0.25, -0.2) is 0 Å². The van der Waals surface area contributed by atoms with Crippen molar-refractivity contribution in [3.05, 3.63) is 23.8 Å². The summed E-state index contributed by atoms with van der Waals surface area (Å²) in [5.74, 6) is 0. The zero-order chi connectivity index (χ0) is 9.19. The van der Waals surface area contributed by atoms with Crippen molar-refractivity contribution in [3.8, 4) is 0 Å². The zero-order valence-corrected chi connectivity index (χ0v) is 7.88. The molecule has 4 N–H and O–H groups in total. The Bertz CT molecular complexity index is 218. The van der Waals surface area contributed by atoms with E-state index in [1.54, 1.807) is 0 Å². The van der Waals surface area contributed by atoms with Gasteiger partial charge in [-0.2, -0.15) is 0 Å². The number of hydrogen-bond donors (Lipinski definition) is 2. The van der Waals surface area contributed by atoms with Gasteiger partial charge in [0.25, 0.3) is 0 Å². The summed E-state index contributed by atoms with van der Waals surface area (Å²) in [7, 11) is 0. The SMILES string of the molecule is CCC1=CC=CC(N)(CC)C1N. The van der Waals surface area contributed by atoms with E-state index in [1.165, 1.54) is 5.57 Å². The van der Waals surface area contributed by atoms with E-state index >= 15 is 0 Å². The van der Waals surface area contributed by atoms with Crippen LogP contribution in [-0.2, 0) is 0 Å². The van der Waals surface area contributed by atoms with Crippen LogP contribution in [0.5, 0.6) is 0 Å². The van der Waals surface area contributed by atoms with Crippen LogP contribution < -0.4 is 11.5 Å². The van der Waals surface area contributed by atoms with Gasteiger partial charge in [0.2, 0.25) is 0 Å². The minimum absolute atomic E-state index is 0.00231. The molecule has 0 saturated heterocycles. The van der Waals surface area contributed by atoms with Crippen molar-refractivity contribution in [1.29, 1.82) is 0 Å². The highest BCUT2D eigenvalue weighted by molar-refractivity contribution is 5.32. The molecule has 0 bridgehead atoms. The average molecular weight is 166 g/mol. The van der Waals surface area contributed by atoms with E-state index in [1.807, 2.05) is 12.2 Å². The molecular weight excluding hydrogens is 148 g/mol. The molecule has 2 nitrogen and oxygen atoms in total. The Morgan fingerprint density at radius 1 is 1.50 bits per heavy atom. The second kappa shape index (κ2) is 3.42. The zero-order valence-electron chi connectivity index (χ0n) is 7.88. The molecule has 2 heteroatoms. The second-order valence-corrected chi connectivity index (χ2v) is 3.40. The first-order valence-corrected chi connectivity index (χ1v) is 4.56. The van der Waals surface area contributed by atoms with Crippen molar-refractivity contribution in [2.24, 2.45) is 11.5 Å². The van der Waals surface area contributed by atoms with Crippen LogP contribution in [0.3, 0.4) is 0 Å². The van der Waals surface area contributed by atoms with E-state index in [0.29, 0.717) is 0 Å².